The van der Waals surface area contributed by atoms with Crippen molar-refractivity contribution >= 4 is 46.2 Å². The van der Waals surface area contributed by atoms with E-state index in [1.54, 1.807) is 0 Å². The Morgan fingerprint density at radius 1 is 0.299 bits per heavy atom. The van der Waals surface area contributed by atoms with E-state index in [2.05, 4.69) is 74.1 Å². The van der Waals surface area contributed by atoms with Crippen LogP contribution in [0.25, 0.3) is 22.3 Å². The van der Waals surface area contributed by atoms with Crippen molar-refractivity contribution in [1.29, 1.82) is 0 Å². The maximum atomic E-state index is 12.6. The number of carbonyl (C=O) groups is 4. The lowest BCUT2D eigenvalue weighted by atomic mass is 10.00. The van der Waals surface area contributed by atoms with Crippen LogP contribution in [0.5, 0.6) is 0 Å². The fourth-order valence-electron chi connectivity index (χ4n) is 14.6. The quantitative estimate of drug-likeness (QED) is 0.0575. The normalized spacial score (nSPS) is 26.8. The second-order valence-electron chi connectivity index (χ2n) is 26.4. The van der Waals surface area contributed by atoms with Crippen LogP contribution in [0.15, 0.2) is 123 Å². The average Bonchev–Trinajstić information content (AvgIpc) is 1.77. The predicted octanol–water partition coefficient (Wildman–Crippen LogP) is 14.7. The van der Waals surface area contributed by atoms with E-state index in [-0.39, 0.29) is 52.2 Å². The van der Waals surface area contributed by atoms with E-state index in [0.717, 1.165) is 151 Å². The van der Waals surface area contributed by atoms with Gasteiger partial charge >= 0.3 is 48.6 Å². The van der Waals surface area contributed by atoms with Crippen molar-refractivity contribution < 1.29 is 96.3 Å². The molecule has 8 fully saturated rings. The number of rotatable bonds is 12. The highest BCUT2D eigenvalue weighted by molar-refractivity contribution is 6.17. The highest BCUT2D eigenvalue weighted by atomic mass is 19.4. The molecule has 8 aliphatic rings. The fourth-order valence-corrected chi connectivity index (χ4v) is 14.6. The summed E-state index contributed by atoms with van der Waals surface area (Å²) in [6, 6.07) is 21.2. The molecule has 0 radical (unpaired) electrons. The molecule has 8 saturated heterocycles. The first kappa shape index (κ1) is 75.5. The standard InChI is InChI=1S/4C18H20F3NO2.H2O/c4*1-11(12-3-5-13(6-4-12)18(19,20)21)17(23)24-16-9-14-7-8-15(10-16)22(14)2;/h4*3-6,14-16H,1,7-10H2,2H3;1H2. The zero-order valence-electron chi connectivity index (χ0n) is 54.4. The van der Waals surface area contributed by atoms with Gasteiger partial charge in [0.25, 0.3) is 0 Å². The first-order valence-electron chi connectivity index (χ1n) is 32.2. The number of ether oxygens (including phenoxy) is 4. The summed E-state index contributed by atoms with van der Waals surface area (Å²) in [5.41, 5.74) is -1.23. The second kappa shape index (κ2) is 30.8. The Kier molecular flexibility index (Phi) is 24.0. The molecule has 13 nitrogen and oxygen atoms in total. The van der Waals surface area contributed by atoms with Gasteiger partial charge in [-0.25, -0.2) is 19.2 Å². The van der Waals surface area contributed by atoms with Crippen molar-refractivity contribution in [3.05, 3.63) is 168 Å². The summed E-state index contributed by atoms with van der Waals surface area (Å²) in [4.78, 5) is 58.4. The van der Waals surface area contributed by atoms with E-state index < -0.39 is 70.8 Å². The molecule has 8 unspecified atom stereocenters. The second-order valence-corrected chi connectivity index (χ2v) is 26.4. The lowest BCUT2D eigenvalue weighted by molar-refractivity contribution is -0.146. The van der Waals surface area contributed by atoms with Gasteiger partial charge in [-0.2, -0.15) is 52.7 Å². The molecule has 0 aliphatic carbocycles. The van der Waals surface area contributed by atoms with Crippen molar-refractivity contribution in [3.63, 3.8) is 0 Å². The molecule has 0 spiro atoms. The number of esters is 4. The average molecular weight is 1380 g/mol. The third-order valence-electron chi connectivity index (χ3n) is 20.5. The van der Waals surface area contributed by atoms with Crippen LogP contribution in [0.1, 0.15) is 147 Å². The first-order chi connectivity index (χ1) is 45.0. The van der Waals surface area contributed by atoms with Gasteiger partial charge in [-0.05, 0) is 150 Å². The monoisotopic (exact) mass is 1370 g/mol. The molecule has 0 saturated carbocycles. The van der Waals surface area contributed by atoms with Crippen molar-refractivity contribution in [1.82, 2.24) is 19.6 Å². The van der Waals surface area contributed by atoms with Gasteiger partial charge < -0.3 is 44.0 Å². The summed E-state index contributed by atoms with van der Waals surface area (Å²) >= 11 is 0. The van der Waals surface area contributed by atoms with Crippen LogP contribution in [0.4, 0.5) is 52.7 Å². The number of carbonyl (C=O) groups excluding carboxylic acids is 4. The summed E-state index contributed by atoms with van der Waals surface area (Å²) in [5.74, 6) is -2.21. The highest BCUT2D eigenvalue weighted by Crippen LogP contribution is 2.41. The van der Waals surface area contributed by atoms with E-state index in [1.807, 2.05) is 0 Å². The Bertz CT molecular complexity index is 2960. The minimum Gasteiger partial charge on any atom is -0.459 e. The molecule has 97 heavy (non-hydrogen) atoms. The van der Waals surface area contributed by atoms with E-state index in [1.165, 1.54) is 48.5 Å². The van der Waals surface area contributed by atoms with Crippen molar-refractivity contribution in [2.75, 3.05) is 28.2 Å². The van der Waals surface area contributed by atoms with Crippen LogP contribution in [-0.2, 0) is 62.8 Å². The molecule has 25 heteroatoms. The molecule has 12 rings (SSSR count). The topological polar surface area (TPSA) is 150 Å². The number of fused-ring (bicyclic) bond motifs is 8. The Morgan fingerprint density at radius 2 is 0.433 bits per heavy atom. The Labute approximate surface area is 556 Å². The predicted molar refractivity (Wildman–Crippen MR) is 340 cm³/mol. The van der Waals surface area contributed by atoms with E-state index in [4.69, 9.17) is 18.9 Å². The number of hydrogen-bond donors (Lipinski definition) is 0. The van der Waals surface area contributed by atoms with Gasteiger partial charge in [-0.3, -0.25) is 0 Å². The lowest BCUT2D eigenvalue weighted by Gasteiger charge is -2.35. The van der Waals surface area contributed by atoms with Crippen LogP contribution in [0.2, 0.25) is 0 Å². The van der Waals surface area contributed by atoms with Crippen molar-refractivity contribution in [2.24, 2.45) is 0 Å². The number of hydrogen-bond acceptors (Lipinski definition) is 12. The van der Waals surface area contributed by atoms with Crippen LogP contribution >= 0.6 is 0 Å². The van der Waals surface area contributed by atoms with Gasteiger partial charge in [-0.1, -0.05) is 74.8 Å². The minimum absolute atomic E-state index is 0. The third kappa shape index (κ3) is 18.7. The van der Waals surface area contributed by atoms with Crippen molar-refractivity contribution in [2.45, 2.75) is 200 Å². The smallest absolute Gasteiger partial charge is 0.416 e. The summed E-state index contributed by atoms with van der Waals surface area (Å²) in [6.45, 7) is 14.7. The molecule has 528 valence electrons. The van der Waals surface area contributed by atoms with Gasteiger partial charge in [-0.15, -0.1) is 0 Å². The Hall–Kier alpha value is -7.32. The van der Waals surface area contributed by atoms with Gasteiger partial charge in [0.15, 0.2) is 0 Å². The van der Waals surface area contributed by atoms with Crippen molar-refractivity contribution in [3.8, 4) is 0 Å². The van der Waals surface area contributed by atoms with E-state index >= 15 is 0 Å². The maximum absolute atomic E-state index is 12.6. The van der Waals surface area contributed by atoms with Gasteiger partial charge in [0.05, 0.1) is 44.5 Å². The van der Waals surface area contributed by atoms with Crippen LogP contribution in [-0.4, -0.2) is 150 Å². The molecule has 4 aromatic carbocycles. The molecule has 8 heterocycles. The molecule has 8 bridgehead atoms. The number of nitrogens with zero attached hydrogens (tertiary/aromatic N) is 4. The molecule has 0 aromatic heterocycles. The first-order valence-corrected chi connectivity index (χ1v) is 32.2. The van der Waals surface area contributed by atoms with E-state index in [9.17, 15) is 71.9 Å². The zero-order chi connectivity index (χ0) is 69.9. The lowest BCUT2D eigenvalue weighted by Crippen LogP contribution is -2.43. The molecule has 8 aliphatic heterocycles. The SMILES string of the molecule is C=C(C(=O)OC1CC2CCC(C1)N2C)c1ccc(C(F)(F)F)cc1.C=C(C(=O)OC1CC2CCC(C1)N2C)c1ccc(C(F)(F)F)cc1.C=C(C(=O)OC1CC2CCC(C1)N2C)c1ccc(C(F)(F)F)cc1.C=C(C(=O)OC1CC2CCC(C1)N2C)c1ccc(C(F)(F)F)cc1.O. The largest absolute Gasteiger partial charge is 0.459 e. The van der Waals surface area contributed by atoms with Gasteiger partial charge in [0, 0.05) is 99.7 Å². The summed E-state index contributed by atoms with van der Waals surface area (Å²) in [7, 11) is 8.39. The molecule has 4 aromatic rings. The zero-order valence-corrected chi connectivity index (χ0v) is 54.4. The fraction of sp³-hybridized carbons (Fsp3) is 0.500. The highest BCUT2D eigenvalue weighted by Gasteiger charge is 2.44. The number of benzene rings is 4. The number of alkyl halides is 12. The minimum atomic E-state index is -4.40. The number of halogens is 12. The number of piperidine rings is 4. The third-order valence-corrected chi connectivity index (χ3v) is 20.5. The van der Waals surface area contributed by atoms with Crippen LogP contribution in [0, 0.1) is 0 Å². The maximum Gasteiger partial charge on any atom is 0.416 e. The molecular weight excluding hydrogens is 1290 g/mol. The molecule has 8 atom stereocenters. The van der Waals surface area contributed by atoms with Crippen LogP contribution < -0.4 is 0 Å². The van der Waals surface area contributed by atoms with Crippen LogP contribution in [0.3, 0.4) is 0 Å². The molecule has 2 N–H and O–H groups in total. The van der Waals surface area contributed by atoms with Gasteiger partial charge in [0.1, 0.15) is 24.4 Å². The Morgan fingerprint density at radius 3 is 0.557 bits per heavy atom. The van der Waals surface area contributed by atoms with Gasteiger partial charge in [0.2, 0.25) is 0 Å². The van der Waals surface area contributed by atoms with E-state index in [0.29, 0.717) is 70.6 Å². The molecular formula is C72H82F12N4O9. The molecule has 0 amide bonds. The Balaban J connectivity index is 0.000000165. The summed E-state index contributed by atoms with van der Waals surface area (Å²) < 4.78 is 173. The summed E-state index contributed by atoms with van der Waals surface area (Å²) in [5, 5.41) is 0. The summed E-state index contributed by atoms with van der Waals surface area (Å²) in [6.07, 6.45) is -2.75.